The molecule has 4 nitrogen and oxygen atoms in total. The number of hydrogen-bond donors (Lipinski definition) is 1. The number of benzene rings is 1. The van der Waals surface area contributed by atoms with Crippen LogP contribution >= 0.6 is 0 Å². The summed E-state index contributed by atoms with van der Waals surface area (Å²) in [7, 11) is 1.72. The van der Waals surface area contributed by atoms with E-state index >= 15 is 0 Å². The number of rotatable bonds is 2. The van der Waals surface area contributed by atoms with Gasteiger partial charge >= 0.3 is 0 Å². The summed E-state index contributed by atoms with van der Waals surface area (Å²) >= 11 is 0. The van der Waals surface area contributed by atoms with Gasteiger partial charge in [-0.2, -0.15) is 10.5 Å². The standard InChI is InChI=1S/C11H9N3O/c1-14(8-9(6-12)7-13)10-2-4-11(15)5-3-10/h2-5,8,15H,1H3. The Morgan fingerprint density at radius 3 is 2.27 bits per heavy atom. The lowest BCUT2D eigenvalue weighted by molar-refractivity contribution is 0.475. The predicted octanol–water partition coefficient (Wildman–Crippen LogP) is 1.76. The molecule has 0 fully saturated rings. The molecular weight excluding hydrogens is 190 g/mol. The Morgan fingerprint density at radius 2 is 1.80 bits per heavy atom. The zero-order valence-corrected chi connectivity index (χ0v) is 8.18. The zero-order chi connectivity index (χ0) is 11.3. The molecule has 0 aliphatic heterocycles. The Kier molecular flexibility index (Phi) is 3.32. The maximum absolute atomic E-state index is 9.07. The third-order valence-corrected chi connectivity index (χ3v) is 1.82. The highest BCUT2D eigenvalue weighted by Crippen LogP contribution is 2.17. The van der Waals surface area contributed by atoms with Crippen LogP contribution in [0.4, 0.5) is 5.69 Å². The number of phenols is 1. The van der Waals surface area contributed by atoms with Crippen molar-refractivity contribution in [3.8, 4) is 17.9 Å². The number of hydrogen-bond acceptors (Lipinski definition) is 4. The van der Waals surface area contributed by atoms with E-state index in [0.717, 1.165) is 5.69 Å². The second-order valence-electron chi connectivity index (χ2n) is 2.89. The minimum Gasteiger partial charge on any atom is -0.508 e. The molecule has 0 amide bonds. The Hall–Kier alpha value is -2.46. The largest absolute Gasteiger partial charge is 0.508 e. The van der Waals surface area contributed by atoms with Crippen molar-refractivity contribution in [2.45, 2.75) is 0 Å². The molecule has 0 unspecified atom stereocenters. The summed E-state index contributed by atoms with van der Waals surface area (Å²) in [5.41, 5.74) is 0.821. The van der Waals surface area contributed by atoms with E-state index in [2.05, 4.69) is 0 Å². The van der Waals surface area contributed by atoms with E-state index in [1.54, 1.807) is 36.2 Å². The van der Waals surface area contributed by atoms with E-state index < -0.39 is 0 Å². The van der Waals surface area contributed by atoms with Crippen LogP contribution < -0.4 is 4.90 Å². The molecule has 0 spiro atoms. The average molecular weight is 199 g/mol. The molecule has 0 aliphatic carbocycles. The highest BCUT2D eigenvalue weighted by molar-refractivity contribution is 5.53. The first kappa shape index (κ1) is 10.6. The van der Waals surface area contributed by atoms with Crippen LogP contribution in [0.25, 0.3) is 0 Å². The normalized spacial score (nSPS) is 8.47. The Bertz CT molecular complexity index is 432. The maximum atomic E-state index is 9.07. The van der Waals surface area contributed by atoms with Crippen LogP contribution in [0.2, 0.25) is 0 Å². The van der Waals surface area contributed by atoms with Gasteiger partial charge in [0.2, 0.25) is 0 Å². The van der Waals surface area contributed by atoms with Crippen LogP contribution in [0.5, 0.6) is 5.75 Å². The van der Waals surface area contributed by atoms with E-state index in [-0.39, 0.29) is 11.3 Å². The lowest BCUT2D eigenvalue weighted by Crippen LogP contribution is -2.08. The number of allylic oxidation sites excluding steroid dienone is 1. The van der Waals surface area contributed by atoms with Crippen LogP contribution in [0.15, 0.2) is 36.0 Å². The SMILES string of the molecule is CN(C=C(C#N)C#N)c1ccc(O)cc1. The third kappa shape index (κ3) is 2.75. The van der Waals surface area contributed by atoms with E-state index in [4.69, 9.17) is 15.6 Å². The smallest absolute Gasteiger partial charge is 0.145 e. The fourth-order valence-electron chi connectivity index (χ4n) is 1.04. The quantitative estimate of drug-likeness (QED) is 0.736. The van der Waals surface area contributed by atoms with Gasteiger partial charge in [0.25, 0.3) is 0 Å². The van der Waals surface area contributed by atoms with Crippen molar-refractivity contribution in [1.29, 1.82) is 10.5 Å². The number of anilines is 1. The predicted molar refractivity (Wildman–Crippen MR) is 55.8 cm³/mol. The highest BCUT2D eigenvalue weighted by Gasteiger charge is 1.99. The summed E-state index contributed by atoms with van der Waals surface area (Å²) in [6, 6.07) is 10.0. The lowest BCUT2D eigenvalue weighted by atomic mass is 10.2. The van der Waals surface area contributed by atoms with Gasteiger partial charge in [0.05, 0.1) is 0 Å². The summed E-state index contributed by atoms with van der Waals surface area (Å²) in [5.74, 6) is 0.178. The van der Waals surface area contributed by atoms with Crippen molar-refractivity contribution in [1.82, 2.24) is 0 Å². The number of nitrogens with zero attached hydrogens (tertiary/aromatic N) is 3. The minimum atomic E-state index is 0.0329. The minimum absolute atomic E-state index is 0.0329. The molecule has 1 N–H and O–H groups in total. The van der Waals surface area contributed by atoms with Crippen molar-refractivity contribution in [3.05, 3.63) is 36.0 Å². The molecule has 1 aromatic rings. The monoisotopic (exact) mass is 199 g/mol. The van der Waals surface area contributed by atoms with Gasteiger partial charge in [0, 0.05) is 18.9 Å². The second kappa shape index (κ2) is 4.69. The van der Waals surface area contributed by atoms with Gasteiger partial charge in [-0.1, -0.05) is 0 Å². The topological polar surface area (TPSA) is 71.0 Å². The summed E-state index contributed by atoms with van der Waals surface area (Å²) in [5, 5.41) is 26.2. The summed E-state index contributed by atoms with van der Waals surface area (Å²) in [4.78, 5) is 1.64. The van der Waals surface area contributed by atoms with Crippen LogP contribution in [0, 0.1) is 22.7 Å². The molecule has 0 aromatic heterocycles. The van der Waals surface area contributed by atoms with Crippen LogP contribution in [0.1, 0.15) is 0 Å². The molecule has 0 saturated carbocycles. The fraction of sp³-hybridized carbons (Fsp3) is 0.0909. The maximum Gasteiger partial charge on any atom is 0.145 e. The Morgan fingerprint density at radius 1 is 1.27 bits per heavy atom. The van der Waals surface area contributed by atoms with E-state index in [1.165, 1.54) is 18.3 Å². The molecule has 0 aliphatic rings. The number of nitriles is 2. The van der Waals surface area contributed by atoms with Crippen molar-refractivity contribution in [3.63, 3.8) is 0 Å². The molecule has 0 heterocycles. The molecule has 1 rings (SSSR count). The molecule has 15 heavy (non-hydrogen) atoms. The highest BCUT2D eigenvalue weighted by atomic mass is 16.3. The summed E-state index contributed by atoms with van der Waals surface area (Å²) < 4.78 is 0. The molecule has 0 radical (unpaired) electrons. The van der Waals surface area contributed by atoms with Crippen LogP contribution in [-0.4, -0.2) is 12.2 Å². The Labute approximate surface area is 87.9 Å². The first-order valence-corrected chi connectivity index (χ1v) is 4.21. The van der Waals surface area contributed by atoms with Gasteiger partial charge in [-0.25, -0.2) is 0 Å². The molecule has 0 saturated heterocycles. The first-order chi connectivity index (χ1) is 7.17. The van der Waals surface area contributed by atoms with E-state index in [1.807, 2.05) is 0 Å². The Balaban J connectivity index is 2.92. The molecular formula is C11H9N3O. The van der Waals surface area contributed by atoms with E-state index in [9.17, 15) is 0 Å². The van der Waals surface area contributed by atoms with Gasteiger partial charge in [0.1, 0.15) is 23.5 Å². The third-order valence-electron chi connectivity index (χ3n) is 1.82. The molecule has 74 valence electrons. The van der Waals surface area contributed by atoms with Gasteiger partial charge in [-0.05, 0) is 24.3 Å². The van der Waals surface area contributed by atoms with Gasteiger partial charge < -0.3 is 10.0 Å². The van der Waals surface area contributed by atoms with Crippen molar-refractivity contribution >= 4 is 5.69 Å². The van der Waals surface area contributed by atoms with Crippen molar-refractivity contribution in [2.24, 2.45) is 0 Å². The van der Waals surface area contributed by atoms with Crippen LogP contribution in [-0.2, 0) is 0 Å². The van der Waals surface area contributed by atoms with Crippen molar-refractivity contribution in [2.75, 3.05) is 11.9 Å². The average Bonchev–Trinajstić information content (AvgIpc) is 2.26. The van der Waals surface area contributed by atoms with Gasteiger partial charge in [0.15, 0.2) is 0 Å². The number of phenolic OH excluding ortho intramolecular Hbond substituents is 1. The van der Waals surface area contributed by atoms with Gasteiger partial charge in [-0.3, -0.25) is 0 Å². The molecule has 0 bridgehead atoms. The molecule has 0 atom stereocenters. The fourth-order valence-corrected chi connectivity index (χ4v) is 1.04. The summed E-state index contributed by atoms with van der Waals surface area (Å²) in [6.45, 7) is 0. The van der Waals surface area contributed by atoms with Crippen LogP contribution in [0.3, 0.4) is 0 Å². The summed E-state index contributed by atoms with van der Waals surface area (Å²) in [6.07, 6.45) is 1.44. The van der Waals surface area contributed by atoms with Crippen molar-refractivity contribution < 1.29 is 5.11 Å². The van der Waals surface area contributed by atoms with E-state index in [0.29, 0.717) is 0 Å². The molecule has 1 aromatic carbocycles. The number of aromatic hydroxyl groups is 1. The zero-order valence-electron chi connectivity index (χ0n) is 8.18. The second-order valence-corrected chi connectivity index (χ2v) is 2.89. The lowest BCUT2D eigenvalue weighted by Gasteiger charge is -2.13. The van der Waals surface area contributed by atoms with Gasteiger partial charge in [-0.15, -0.1) is 0 Å². The first-order valence-electron chi connectivity index (χ1n) is 4.21. The molecule has 4 heteroatoms.